The molecule has 0 aliphatic rings. The van der Waals surface area contributed by atoms with Crippen LogP contribution in [0.2, 0.25) is 0 Å². The third-order valence-electron chi connectivity index (χ3n) is 10.7. The average molecular weight is 773 g/mol. The van der Waals surface area contributed by atoms with E-state index in [0.29, 0.717) is 17.5 Å². The van der Waals surface area contributed by atoms with Gasteiger partial charge in [0.05, 0.1) is 21.4 Å². The normalized spacial score (nSPS) is 11.4. The average Bonchev–Trinajstić information content (AvgIpc) is 3.69. The van der Waals surface area contributed by atoms with Gasteiger partial charge in [0.1, 0.15) is 11.2 Å². The second-order valence-corrected chi connectivity index (χ2v) is 15.4. The summed E-state index contributed by atoms with van der Waals surface area (Å²) < 4.78 is 1.05. The summed E-state index contributed by atoms with van der Waals surface area (Å²) in [4.78, 5) is 30.1. The van der Waals surface area contributed by atoms with Gasteiger partial charge in [0.25, 0.3) is 0 Å². The molecule has 0 aliphatic carbocycles. The third-order valence-corrected chi connectivity index (χ3v) is 11.8. The SMILES string of the molecule is c1ccc(-c2ccc(-c3nc(-c4ccccc4)nc(-c4ccc(-c5ccc(-c6ccc(-c7ncnc8c7sc7nc9ccccc9cc78)cc6)cc5)cc4)n3)cc2)cc1. The van der Waals surface area contributed by atoms with E-state index >= 15 is 0 Å². The molecule has 0 spiro atoms. The fourth-order valence-electron chi connectivity index (χ4n) is 7.59. The number of benzene rings is 7. The van der Waals surface area contributed by atoms with Crippen LogP contribution in [0, 0.1) is 0 Å². The minimum atomic E-state index is 0.631. The first-order valence-corrected chi connectivity index (χ1v) is 20.2. The molecule has 0 radical (unpaired) electrons. The monoisotopic (exact) mass is 772 g/mol. The fourth-order valence-corrected chi connectivity index (χ4v) is 8.72. The maximum absolute atomic E-state index is 4.98. The molecule has 0 amide bonds. The van der Waals surface area contributed by atoms with Gasteiger partial charge in [-0.2, -0.15) is 0 Å². The van der Waals surface area contributed by atoms with Crippen LogP contribution >= 0.6 is 11.3 Å². The Morgan fingerprint density at radius 3 is 1.27 bits per heavy atom. The predicted molar refractivity (Wildman–Crippen MR) is 242 cm³/mol. The number of aromatic nitrogens is 6. The van der Waals surface area contributed by atoms with Gasteiger partial charge in [-0.05, 0) is 45.5 Å². The maximum Gasteiger partial charge on any atom is 0.164 e. The highest BCUT2D eigenvalue weighted by Crippen LogP contribution is 2.39. The standard InChI is InChI=1S/C52H32N6S/c1-3-9-33(10-4-1)34-21-27-41(28-22-34)50-56-49(40-11-5-2-6-12-40)57-51(58-50)42-29-23-38(24-30-42)36-17-15-35(16-18-36)37-19-25-39(26-20-37)46-48-47(54-32-53-46)44-31-43-13-7-8-14-45(43)55-52(44)59-48/h1-32H. The molecular formula is C52H32N6S. The van der Waals surface area contributed by atoms with Crippen LogP contribution in [-0.4, -0.2) is 29.9 Å². The molecule has 0 saturated carbocycles. The number of thiophene rings is 1. The van der Waals surface area contributed by atoms with E-state index in [1.165, 1.54) is 5.56 Å². The van der Waals surface area contributed by atoms with Gasteiger partial charge >= 0.3 is 0 Å². The molecule has 6 nitrogen and oxygen atoms in total. The zero-order valence-electron chi connectivity index (χ0n) is 31.6. The van der Waals surface area contributed by atoms with Gasteiger partial charge in [-0.3, -0.25) is 0 Å². The number of rotatable bonds is 7. The fraction of sp³-hybridized carbons (Fsp3) is 0. The lowest BCUT2D eigenvalue weighted by Gasteiger charge is -2.10. The number of para-hydroxylation sites is 1. The first-order chi connectivity index (χ1) is 29.2. The Morgan fingerprint density at radius 2 is 0.746 bits per heavy atom. The van der Waals surface area contributed by atoms with Crippen LogP contribution in [0.4, 0.5) is 0 Å². The van der Waals surface area contributed by atoms with Gasteiger partial charge in [-0.15, -0.1) is 11.3 Å². The van der Waals surface area contributed by atoms with E-state index in [-0.39, 0.29) is 0 Å². The molecule has 11 aromatic rings. The second kappa shape index (κ2) is 14.6. The summed E-state index contributed by atoms with van der Waals surface area (Å²) >= 11 is 1.65. The Kier molecular flexibility index (Phi) is 8.56. The van der Waals surface area contributed by atoms with Crippen molar-refractivity contribution in [3.05, 3.63) is 194 Å². The van der Waals surface area contributed by atoms with Crippen molar-refractivity contribution < 1.29 is 0 Å². The minimum Gasteiger partial charge on any atom is -0.237 e. The summed E-state index contributed by atoms with van der Waals surface area (Å²) in [7, 11) is 0. The highest BCUT2D eigenvalue weighted by atomic mass is 32.1. The second-order valence-electron chi connectivity index (χ2n) is 14.4. The summed E-state index contributed by atoms with van der Waals surface area (Å²) in [5.41, 5.74) is 13.6. The molecular weight excluding hydrogens is 741 g/mol. The van der Waals surface area contributed by atoms with E-state index in [4.69, 9.17) is 24.9 Å². The van der Waals surface area contributed by atoms with Crippen molar-refractivity contribution in [3.8, 4) is 78.8 Å². The zero-order valence-corrected chi connectivity index (χ0v) is 32.4. The minimum absolute atomic E-state index is 0.631. The van der Waals surface area contributed by atoms with Crippen LogP contribution in [0.3, 0.4) is 0 Å². The quantitative estimate of drug-likeness (QED) is 0.161. The van der Waals surface area contributed by atoms with Crippen molar-refractivity contribution in [2.75, 3.05) is 0 Å². The number of hydrogen-bond donors (Lipinski definition) is 0. The van der Waals surface area contributed by atoms with Gasteiger partial charge in [0, 0.05) is 33.0 Å². The van der Waals surface area contributed by atoms with E-state index in [9.17, 15) is 0 Å². The van der Waals surface area contributed by atoms with Crippen LogP contribution in [0.15, 0.2) is 194 Å². The molecule has 0 saturated heterocycles. The van der Waals surface area contributed by atoms with Crippen LogP contribution in [0.25, 0.3) is 110 Å². The summed E-state index contributed by atoms with van der Waals surface area (Å²) in [5.74, 6) is 1.91. The molecule has 4 heterocycles. The number of nitrogens with zero attached hydrogens (tertiary/aromatic N) is 6. The topological polar surface area (TPSA) is 77.3 Å². The summed E-state index contributed by atoms with van der Waals surface area (Å²) in [6.07, 6.45) is 1.66. The summed E-state index contributed by atoms with van der Waals surface area (Å²) in [5, 5.41) is 2.18. The van der Waals surface area contributed by atoms with Crippen molar-refractivity contribution in [3.63, 3.8) is 0 Å². The molecule has 0 atom stereocenters. The molecule has 0 N–H and O–H groups in total. The summed E-state index contributed by atoms with van der Waals surface area (Å²) in [6, 6.07) is 65.0. The predicted octanol–water partition coefficient (Wildman–Crippen LogP) is 13.2. The third kappa shape index (κ3) is 6.59. The van der Waals surface area contributed by atoms with E-state index in [2.05, 4.69) is 145 Å². The highest BCUT2D eigenvalue weighted by Gasteiger charge is 2.16. The van der Waals surface area contributed by atoms with Crippen LogP contribution in [0.1, 0.15) is 0 Å². The first kappa shape index (κ1) is 34.5. The van der Waals surface area contributed by atoms with Gasteiger partial charge in [0.15, 0.2) is 17.5 Å². The molecule has 59 heavy (non-hydrogen) atoms. The van der Waals surface area contributed by atoms with Gasteiger partial charge in [0.2, 0.25) is 0 Å². The van der Waals surface area contributed by atoms with Crippen molar-refractivity contribution >= 4 is 42.7 Å². The van der Waals surface area contributed by atoms with E-state index < -0.39 is 0 Å². The molecule has 276 valence electrons. The van der Waals surface area contributed by atoms with Gasteiger partial charge in [-0.1, -0.05) is 176 Å². The van der Waals surface area contributed by atoms with Crippen molar-refractivity contribution in [2.24, 2.45) is 0 Å². The van der Waals surface area contributed by atoms with E-state index in [1.54, 1.807) is 17.7 Å². The molecule has 0 bridgehead atoms. The Labute approximate surface area is 344 Å². The Morgan fingerprint density at radius 1 is 0.339 bits per heavy atom. The number of pyridine rings is 1. The lowest BCUT2D eigenvalue weighted by atomic mass is 9.98. The molecule has 0 fully saturated rings. The first-order valence-electron chi connectivity index (χ1n) is 19.4. The van der Waals surface area contributed by atoms with Crippen molar-refractivity contribution in [2.45, 2.75) is 0 Å². The zero-order chi connectivity index (χ0) is 39.1. The van der Waals surface area contributed by atoms with Gasteiger partial charge < -0.3 is 0 Å². The molecule has 0 unspecified atom stereocenters. The lowest BCUT2D eigenvalue weighted by molar-refractivity contribution is 1.07. The molecule has 4 aromatic heterocycles. The van der Waals surface area contributed by atoms with Gasteiger partial charge in [-0.25, -0.2) is 29.9 Å². The highest BCUT2D eigenvalue weighted by molar-refractivity contribution is 7.25. The maximum atomic E-state index is 4.98. The van der Waals surface area contributed by atoms with Crippen LogP contribution < -0.4 is 0 Å². The lowest BCUT2D eigenvalue weighted by Crippen LogP contribution is -2.00. The Bertz CT molecular complexity index is 3280. The molecule has 7 heteroatoms. The Balaban J connectivity index is 0.852. The van der Waals surface area contributed by atoms with E-state index in [0.717, 1.165) is 87.1 Å². The largest absolute Gasteiger partial charge is 0.237 e. The Hall–Kier alpha value is -7.74. The molecule has 0 aliphatic heterocycles. The van der Waals surface area contributed by atoms with Crippen LogP contribution in [-0.2, 0) is 0 Å². The van der Waals surface area contributed by atoms with Crippen molar-refractivity contribution in [1.82, 2.24) is 29.9 Å². The smallest absolute Gasteiger partial charge is 0.164 e. The number of hydrogen-bond acceptors (Lipinski definition) is 7. The van der Waals surface area contributed by atoms with E-state index in [1.807, 2.05) is 48.5 Å². The molecule has 7 aromatic carbocycles. The number of fused-ring (bicyclic) bond motifs is 4. The van der Waals surface area contributed by atoms with Crippen molar-refractivity contribution in [1.29, 1.82) is 0 Å². The van der Waals surface area contributed by atoms with Crippen LogP contribution in [0.5, 0.6) is 0 Å². The molecule has 11 rings (SSSR count). The summed E-state index contributed by atoms with van der Waals surface area (Å²) in [6.45, 7) is 0.